The van der Waals surface area contributed by atoms with Crippen LogP contribution in [-0.2, 0) is 14.3 Å². The first-order valence-electron chi connectivity index (χ1n) is 5.70. The fourth-order valence-electron chi connectivity index (χ4n) is 1.62. The van der Waals surface area contributed by atoms with E-state index in [-0.39, 0.29) is 23.6 Å². The molecule has 0 amide bonds. The topological polar surface area (TPSA) is 46.6 Å². The van der Waals surface area contributed by atoms with Crippen LogP contribution in [0.5, 0.6) is 0 Å². The molecule has 0 spiro atoms. The van der Waals surface area contributed by atoms with Gasteiger partial charge in [0.2, 0.25) is 0 Å². The summed E-state index contributed by atoms with van der Waals surface area (Å²) in [6, 6.07) is 0. The van der Waals surface area contributed by atoms with Crippen LogP contribution in [0, 0.1) is 11.8 Å². The fraction of sp³-hybridized carbons (Fsp3) is 0.833. The number of nitrogens with zero attached hydrogens (tertiary/aromatic N) is 1. The first-order chi connectivity index (χ1) is 7.38. The molecule has 0 aromatic rings. The van der Waals surface area contributed by atoms with Crippen LogP contribution >= 0.6 is 0 Å². The van der Waals surface area contributed by atoms with E-state index in [4.69, 9.17) is 4.74 Å². The Balaban J connectivity index is 4.28. The third-order valence-electron chi connectivity index (χ3n) is 2.49. The van der Waals surface area contributed by atoms with Crippen molar-refractivity contribution in [3.8, 4) is 0 Å². The summed E-state index contributed by atoms with van der Waals surface area (Å²) in [4.78, 5) is 24.8. The molecule has 16 heavy (non-hydrogen) atoms. The molecule has 0 saturated carbocycles. The van der Waals surface area contributed by atoms with Crippen molar-refractivity contribution in [2.24, 2.45) is 11.8 Å². The molecule has 0 N–H and O–H groups in total. The number of carbonyl (C=O) groups excluding carboxylic acids is 2. The van der Waals surface area contributed by atoms with Gasteiger partial charge in [-0.15, -0.1) is 0 Å². The molecule has 0 aliphatic rings. The smallest absolute Gasteiger partial charge is 0.308 e. The molecule has 0 bridgehead atoms. The van der Waals surface area contributed by atoms with Crippen LogP contribution in [-0.4, -0.2) is 43.9 Å². The molecule has 0 aliphatic heterocycles. The predicted molar refractivity (Wildman–Crippen MR) is 63.1 cm³/mol. The largest absolute Gasteiger partial charge is 0.466 e. The minimum atomic E-state index is -0.215. The zero-order valence-electron chi connectivity index (χ0n) is 10.9. The second-order valence-corrected chi connectivity index (χ2v) is 4.46. The van der Waals surface area contributed by atoms with Crippen LogP contribution in [0.4, 0.5) is 0 Å². The lowest BCUT2D eigenvalue weighted by Crippen LogP contribution is -2.30. The maximum absolute atomic E-state index is 11.4. The Bertz CT molecular complexity index is 238. The number of rotatable bonds is 7. The van der Waals surface area contributed by atoms with Crippen molar-refractivity contribution in [2.45, 2.75) is 27.2 Å². The van der Waals surface area contributed by atoms with E-state index in [1.165, 1.54) is 0 Å². The Labute approximate surface area is 98.0 Å². The molecule has 0 aliphatic carbocycles. The monoisotopic (exact) mass is 229 g/mol. The van der Waals surface area contributed by atoms with Crippen LogP contribution in [0.15, 0.2) is 0 Å². The molecule has 4 heteroatoms. The van der Waals surface area contributed by atoms with Crippen LogP contribution in [0.25, 0.3) is 0 Å². The highest BCUT2D eigenvalue weighted by molar-refractivity contribution is 5.80. The van der Waals surface area contributed by atoms with Crippen LogP contribution in [0.2, 0.25) is 0 Å². The third kappa shape index (κ3) is 5.85. The molecule has 0 saturated heterocycles. The van der Waals surface area contributed by atoms with E-state index < -0.39 is 0 Å². The lowest BCUT2D eigenvalue weighted by Gasteiger charge is -2.21. The molecular formula is C12H23NO3. The van der Waals surface area contributed by atoms with Gasteiger partial charge in [-0.3, -0.25) is 9.59 Å². The molecule has 0 aromatic heterocycles. The zero-order chi connectivity index (χ0) is 12.7. The highest BCUT2D eigenvalue weighted by Crippen LogP contribution is 2.15. The lowest BCUT2D eigenvalue weighted by atomic mass is 9.92. The van der Waals surface area contributed by atoms with Crippen molar-refractivity contribution < 1.29 is 14.3 Å². The minimum absolute atomic E-state index is 0.0885. The van der Waals surface area contributed by atoms with Gasteiger partial charge in [-0.05, 0) is 34.4 Å². The number of ketones is 1. The summed E-state index contributed by atoms with van der Waals surface area (Å²) in [5.41, 5.74) is 0. The molecule has 94 valence electrons. The van der Waals surface area contributed by atoms with Gasteiger partial charge in [0.05, 0.1) is 12.5 Å². The lowest BCUT2D eigenvalue weighted by molar-refractivity contribution is -0.148. The SMILES string of the molecule is CCOC(=O)C(C)CC(CN(C)C)C(C)=O. The minimum Gasteiger partial charge on any atom is -0.466 e. The van der Waals surface area contributed by atoms with E-state index in [2.05, 4.69) is 0 Å². The molecule has 0 fully saturated rings. The van der Waals surface area contributed by atoms with Crippen molar-refractivity contribution in [3.63, 3.8) is 0 Å². The maximum Gasteiger partial charge on any atom is 0.308 e. The highest BCUT2D eigenvalue weighted by atomic mass is 16.5. The van der Waals surface area contributed by atoms with Crippen LogP contribution < -0.4 is 0 Å². The number of hydrogen-bond acceptors (Lipinski definition) is 4. The van der Waals surface area contributed by atoms with Crippen molar-refractivity contribution in [1.82, 2.24) is 4.90 Å². The van der Waals surface area contributed by atoms with Gasteiger partial charge in [-0.2, -0.15) is 0 Å². The summed E-state index contributed by atoms with van der Waals surface area (Å²) in [6.07, 6.45) is 0.562. The number of hydrogen-bond donors (Lipinski definition) is 0. The van der Waals surface area contributed by atoms with Gasteiger partial charge in [-0.1, -0.05) is 6.92 Å². The van der Waals surface area contributed by atoms with Gasteiger partial charge < -0.3 is 9.64 Å². The summed E-state index contributed by atoms with van der Waals surface area (Å²) < 4.78 is 4.93. The van der Waals surface area contributed by atoms with Crippen molar-refractivity contribution in [1.29, 1.82) is 0 Å². The van der Waals surface area contributed by atoms with Crippen molar-refractivity contribution >= 4 is 11.8 Å². The molecule has 0 radical (unpaired) electrons. The van der Waals surface area contributed by atoms with E-state index >= 15 is 0 Å². The summed E-state index contributed by atoms with van der Waals surface area (Å²) in [7, 11) is 3.84. The second-order valence-electron chi connectivity index (χ2n) is 4.46. The molecule has 2 unspecified atom stereocenters. The standard InChI is InChI=1S/C12H23NO3/c1-6-16-12(15)9(2)7-11(10(3)14)8-13(4)5/h9,11H,6-8H2,1-5H3. The van der Waals surface area contributed by atoms with Gasteiger partial charge in [-0.25, -0.2) is 0 Å². The first kappa shape index (κ1) is 15.1. The summed E-state index contributed by atoms with van der Waals surface area (Å²) >= 11 is 0. The van der Waals surface area contributed by atoms with Gasteiger partial charge in [0.1, 0.15) is 5.78 Å². The average Bonchev–Trinajstić information content (AvgIpc) is 2.16. The average molecular weight is 229 g/mol. The Kier molecular flexibility index (Phi) is 6.97. The van der Waals surface area contributed by atoms with Gasteiger partial charge in [0, 0.05) is 12.5 Å². The maximum atomic E-state index is 11.4. The highest BCUT2D eigenvalue weighted by Gasteiger charge is 2.23. The molecule has 0 aromatic carbocycles. The van der Waals surface area contributed by atoms with E-state index in [0.29, 0.717) is 19.6 Å². The van der Waals surface area contributed by atoms with Crippen molar-refractivity contribution in [3.05, 3.63) is 0 Å². The second kappa shape index (κ2) is 7.39. The quantitative estimate of drug-likeness (QED) is 0.618. The predicted octanol–water partition coefficient (Wildman–Crippen LogP) is 1.34. The van der Waals surface area contributed by atoms with E-state index in [0.717, 1.165) is 0 Å². The zero-order valence-corrected chi connectivity index (χ0v) is 10.9. The summed E-state index contributed by atoms with van der Waals surface area (Å²) in [5.74, 6) is -0.388. The Hall–Kier alpha value is -0.900. The van der Waals surface area contributed by atoms with E-state index in [9.17, 15) is 9.59 Å². The number of Topliss-reactive ketones (excluding diaryl/α,β-unsaturated/α-hetero) is 1. The van der Waals surface area contributed by atoms with E-state index in [1.807, 2.05) is 25.9 Å². The normalized spacial score (nSPS) is 14.6. The molecular weight excluding hydrogens is 206 g/mol. The molecule has 0 heterocycles. The third-order valence-corrected chi connectivity index (χ3v) is 2.49. The van der Waals surface area contributed by atoms with Crippen LogP contribution in [0.3, 0.4) is 0 Å². The Morgan fingerprint density at radius 1 is 1.31 bits per heavy atom. The number of carbonyl (C=O) groups is 2. The first-order valence-corrected chi connectivity index (χ1v) is 5.70. The number of ether oxygens (including phenoxy) is 1. The summed E-state index contributed by atoms with van der Waals surface area (Å²) in [6.45, 7) is 6.24. The van der Waals surface area contributed by atoms with E-state index in [1.54, 1.807) is 13.8 Å². The summed E-state index contributed by atoms with van der Waals surface area (Å²) in [5, 5.41) is 0. The van der Waals surface area contributed by atoms with Gasteiger partial charge in [0.25, 0.3) is 0 Å². The Morgan fingerprint density at radius 2 is 1.88 bits per heavy atom. The molecule has 2 atom stereocenters. The fourth-order valence-corrected chi connectivity index (χ4v) is 1.62. The Morgan fingerprint density at radius 3 is 2.25 bits per heavy atom. The van der Waals surface area contributed by atoms with Crippen molar-refractivity contribution in [2.75, 3.05) is 27.2 Å². The van der Waals surface area contributed by atoms with Gasteiger partial charge in [0.15, 0.2) is 0 Å². The van der Waals surface area contributed by atoms with Crippen LogP contribution in [0.1, 0.15) is 27.2 Å². The molecule has 4 nitrogen and oxygen atoms in total. The van der Waals surface area contributed by atoms with Gasteiger partial charge >= 0.3 is 5.97 Å². The molecule has 0 rings (SSSR count). The number of esters is 1.